The molecule has 9 heteroatoms. The Kier molecular flexibility index (Phi) is 11.5. The van der Waals surface area contributed by atoms with Crippen molar-refractivity contribution in [2.45, 2.75) is 25.7 Å². The first-order chi connectivity index (χ1) is 19.3. The van der Waals surface area contributed by atoms with E-state index in [2.05, 4.69) is 31.7 Å². The number of hydrogen-bond donors (Lipinski definition) is 0. The second kappa shape index (κ2) is 14.9. The number of carbonyl (C=O) groups excluding carboxylic acids is 1. The van der Waals surface area contributed by atoms with Gasteiger partial charge in [-0.2, -0.15) is 0 Å². The molecule has 2 aromatic rings. The summed E-state index contributed by atoms with van der Waals surface area (Å²) in [5.74, 6) is -0.587. The molecule has 0 saturated carbocycles. The Morgan fingerprint density at radius 1 is 0.700 bits per heavy atom. The topological polar surface area (TPSA) is 48.5 Å². The Balaban J connectivity index is 1.44. The van der Waals surface area contributed by atoms with Gasteiger partial charge in [-0.3, -0.25) is 14.6 Å². The summed E-state index contributed by atoms with van der Waals surface area (Å²) in [5, 5.41) is 1.35. The minimum atomic E-state index is -0.352. The van der Waals surface area contributed by atoms with E-state index in [1.807, 2.05) is 38.1 Å². The Morgan fingerprint density at radius 3 is 1.43 bits per heavy atom. The number of benzene rings is 2. The number of piperazine rings is 2. The average molecular weight is 592 g/mol. The highest BCUT2D eigenvalue weighted by molar-refractivity contribution is 6.35. The van der Waals surface area contributed by atoms with Gasteiger partial charge in [0.05, 0.1) is 34.6 Å². The molecule has 0 aromatic heterocycles. The highest BCUT2D eigenvalue weighted by Gasteiger charge is 2.29. The lowest BCUT2D eigenvalue weighted by molar-refractivity contribution is -0.121. The van der Waals surface area contributed by atoms with Gasteiger partial charge in [-0.25, -0.2) is 0 Å². The molecular formula is C31H44Cl2N4O3. The van der Waals surface area contributed by atoms with Crippen LogP contribution in [-0.2, 0) is 14.3 Å². The van der Waals surface area contributed by atoms with E-state index in [-0.39, 0.29) is 17.6 Å². The van der Waals surface area contributed by atoms with Crippen LogP contribution in [0.15, 0.2) is 36.4 Å². The smallest absolute Gasteiger partial charge is 0.147 e. The maximum atomic E-state index is 13.8. The first-order valence-electron chi connectivity index (χ1n) is 14.4. The molecule has 7 nitrogen and oxygen atoms in total. The fourth-order valence-corrected chi connectivity index (χ4v) is 6.60. The number of hydrogen-bond acceptors (Lipinski definition) is 7. The summed E-state index contributed by atoms with van der Waals surface area (Å²) in [6.07, 6.45) is 0. The molecule has 220 valence electrons. The molecule has 0 radical (unpaired) electrons. The lowest BCUT2D eigenvalue weighted by Gasteiger charge is -2.37. The molecule has 2 aliphatic rings. The van der Waals surface area contributed by atoms with Crippen LogP contribution in [0, 0.1) is 0 Å². The van der Waals surface area contributed by atoms with Crippen molar-refractivity contribution in [1.82, 2.24) is 9.80 Å². The zero-order chi connectivity index (χ0) is 28.6. The lowest BCUT2D eigenvalue weighted by Crippen LogP contribution is -2.47. The zero-order valence-corrected chi connectivity index (χ0v) is 25.9. The van der Waals surface area contributed by atoms with Crippen molar-refractivity contribution in [2.75, 3.05) is 103 Å². The van der Waals surface area contributed by atoms with Gasteiger partial charge in [0.25, 0.3) is 0 Å². The number of ether oxygens (including phenoxy) is 2. The molecule has 4 rings (SSSR count). The van der Waals surface area contributed by atoms with Crippen LogP contribution in [0.3, 0.4) is 0 Å². The summed E-state index contributed by atoms with van der Waals surface area (Å²) in [6, 6.07) is 12.1. The number of ketones is 1. The van der Waals surface area contributed by atoms with E-state index in [0.717, 1.165) is 101 Å². The van der Waals surface area contributed by atoms with Crippen molar-refractivity contribution in [2.24, 2.45) is 0 Å². The minimum absolute atomic E-state index is 0.117. The van der Waals surface area contributed by atoms with Gasteiger partial charge >= 0.3 is 0 Å². The van der Waals surface area contributed by atoms with Gasteiger partial charge in [0, 0.05) is 91.5 Å². The molecule has 2 unspecified atom stereocenters. The van der Waals surface area contributed by atoms with Gasteiger partial charge in [-0.1, -0.05) is 61.3 Å². The maximum absolute atomic E-state index is 13.8. The molecular weight excluding hydrogens is 547 g/mol. The van der Waals surface area contributed by atoms with Crippen LogP contribution in [0.25, 0.3) is 0 Å². The third-order valence-corrected chi connectivity index (χ3v) is 9.28. The number of nitrogens with zero attached hydrogens (tertiary/aromatic N) is 4. The summed E-state index contributed by atoms with van der Waals surface area (Å²) in [6.45, 7) is 14.7. The molecule has 40 heavy (non-hydrogen) atoms. The minimum Gasteiger partial charge on any atom is -0.383 e. The van der Waals surface area contributed by atoms with Crippen molar-refractivity contribution >= 4 is 40.4 Å². The number of methoxy groups -OCH3 is 2. The normalized spacial score (nSPS) is 18.6. The van der Waals surface area contributed by atoms with Crippen molar-refractivity contribution in [3.05, 3.63) is 57.6 Å². The number of carbonyl (C=O) groups is 1. The fourth-order valence-electron chi connectivity index (χ4n) is 5.78. The van der Waals surface area contributed by atoms with Gasteiger partial charge < -0.3 is 19.3 Å². The highest BCUT2D eigenvalue weighted by Crippen LogP contribution is 2.39. The van der Waals surface area contributed by atoms with E-state index < -0.39 is 0 Å². The van der Waals surface area contributed by atoms with Crippen molar-refractivity contribution < 1.29 is 14.3 Å². The SMILES string of the molecule is COCCN1CCN(c2cccc(C(C)C(=O)C(C)c3cccc(N4CCN(CCOC)CC4)c3Cl)c2Cl)CC1. The first-order valence-corrected chi connectivity index (χ1v) is 15.1. The fraction of sp³-hybridized carbons (Fsp3) is 0.581. The Labute approximate surface area is 249 Å². The summed E-state index contributed by atoms with van der Waals surface area (Å²) in [4.78, 5) is 23.3. The van der Waals surface area contributed by atoms with Crippen LogP contribution in [0.5, 0.6) is 0 Å². The molecule has 0 amide bonds. The van der Waals surface area contributed by atoms with Crippen LogP contribution in [-0.4, -0.2) is 108 Å². The standard InChI is InChI=1S/C31H44Cl2N4O3/c1-23(25-7-5-9-27(29(25)32)36-15-11-34(12-16-36)19-21-39-3)31(38)24(2)26-8-6-10-28(30(26)33)37-17-13-35(14-18-37)20-22-40-4/h5-10,23-24H,11-22H2,1-4H3. The van der Waals surface area contributed by atoms with E-state index in [1.165, 1.54) is 0 Å². The summed E-state index contributed by atoms with van der Waals surface area (Å²) in [5.41, 5.74) is 3.75. The average Bonchev–Trinajstić information content (AvgIpc) is 2.99. The summed E-state index contributed by atoms with van der Waals surface area (Å²) in [7, 11) is 3.48. The van der Waals surface area contributed by atoms with Crippen molar-refractivity contribution in [1.29, 1.82) is 0 Å². The monoisotopic (exact) mass is 590 g/mol. The van der Waals surface area contributed by atoms with Crippen LogP contribution in [0.2, 0.25) is 10.0 Å². The van der Waals surface area contributed by atoms with Gasteiger partial charge in [0.1, 0.15) is 5.78 Å². The van der Waals surface area contributed by atoms with E-state index in [1.54, 1.807) is 14.2 Å². The van der Waals surface area contributed by atoms with Crippen molar-refractivity contribution in [3.8, 4) is 0 Å². The van der Waals surface area contributed by atoms with Crippen LogP contribution >= 0.6 is 23.2 Å². The third-order valence-electron chi connectivity index (χ3n) is 8.45. The van der Waals surface area contributed by atoms with E-state index in [9.17, 15) is 4.79 Å². The molecule has 0 spiro atoms. The predicted octanol–water partition coefficient (Wildman–Crippen LogP) is 5.01. The van der Waals surface area contributed by atoms with Gasteiger partial charge in [-0.15, -0.1) is 0 Å². The predicted molar refractivity (Wildman–Crippen MR) is 166 cm³/mol. The van der Waals surface area contributed by atoms with Crippen LogP contribution in [0.1, 0.15) is 36.8 Å². The molecule has 0 N–H and O–H groups in total. The first kappa shape index (κ1) is 31.1. The zero-order valence-electron chi connectivity index (χ0n) is 24.4. The number of rotatable bonds is 12. The molecule has 0 aliphatic carbocycles. The Hall–Kier alpha value is -1.87. The molecule has 2 saturated heterocycles. The van der Waals surface area contributed by atoms with Gasteiger partial charge in [-0.05, 0) is 23.3 Å². The molecule has 2 aromatic carbocycles. The molecule has 2 atom stereocenters. The Bertz CT molecular complexity index is 1030. The van der Waals surface area contributed by atoms with E-state index >= 15 is 0 Å². The van der Waals surface area contributed by atoms with Crippen LogP contribution < -0.4 is 9.80 Å². The molecule has 2 aliphatic heterocycles. The molecule has 0 bridgehead atoms. The number of Topliss-reactive ketones (excluding diaryl/α,β-unsaturated/α-hetero) is 1. The quantitative estimate of drug-likeness (QED) is 0.344. The third kappa shape index (κ3) is 7.30. The van der Waals surface area contributed by atoms with Gasteiger partial charge in [0.15, 0.2) is 0 Å². The largest absolute Gasteiger partial charge is 0.383 e. The van der Waals surface area contributed by atoms with Crippen LogP contribution in [0.4, 0.5) is 11.4 Å². The summed E-state index contributed by atoms with van der Waals surface area (Å²) < 4.78 is 10.5. The molecule has 2 fully saturated rings. The molecule has 2 heterocycles. The maximum Gasteiger partial charge on any atom is 0.147 e. The Morgan fingerprint density at radius 2 is 1.07 bits per heavy atom. The number of halogens is 2. The van der Waals surface area contributed by atoms with Gasteiger partial charge in [0.2, 0.25) is 0 Å². The second-order valence-electron chi connectivity index (χ2n) is 10.8. The van der Waals surface area contributed by atoms with E-state index in [4.69, 9.17) is 32.7 Å². The number of anilines is 2. The lowest BCUT2D eigenvalue weighted by atomic mass is 9.85. The van der Waals surface area contributed by atoms with E-state index in [0.29, 0.717) is 10.0 Å². The van der Waals surface area contributed by atoms with Crippen molar-refractivity contribution in [3.63, 3.8) is 0 Å². The second-order valence-corrected chi connectivity index (χ2v) is 11.6. The highest BCUT2D eigenvalue weighted by atomic mass is 35.5. The summed E-state index contributed by atoms with van der Waals surface area (Å²) >= 11 is 14.0.